The maximum Gasteiger partial charge on any atom is 0.332 e. The molecule has 6 nitrogen and oxygen atoms in total. The first-order valence-electron chi connectivity index (χ1n) is 6.16. The van der Waals surface area contributed by atoms with Gasteiger partial charge in [0, 0.05) is 25.0 Å². The number of hydrogen-bond acceptors (Lipinski definition) is 5. The van der Waals surface area contributed by atoms with Crippen molar-refractivity contribution in [3.05, 3.63) is 18.5 Å². The number of ether oxygens (including phenoxy) is 2. The van der Waals surface area contributed by atoms with Crippen molar-refractivity contribution < 1.29 is 14.3 Å². The third-order valence-corrected chi connectivity index (χ3v) is 2.28. The third-order valence-electron chi connectivity index (χ3n) is 2.28. The Hall–Kier alpha value is -1.40. The predicted molar refractivity (Wildman–Crippen MR) is 67.1 cm³/mol. The summed E-state index contributed by atoms with van der Waals surface area (Å²) in [6.45, 7) is 6.25. The van der Waals surface area contributed by atoms with Crippen LogP contribution < -0.4 is 5.32 Å². The van der Waals surface area contributed by atoms with Gasteiger partial charge in [-0.1, -0.05) is 0 Å². The highest BCUT2D eigenvalue weighted by Gasteiger charge is 2.03. The number of carbonyl (C=O) groups is 1. The first kappa shape index (κ1) is 14.7. The number of carbonyl (C=O) groups excluding carboxylic acids is 1. The molecule has 1 heterocycles. The Labute approximate surface area is 107 Å². The van der Waals surface area contributed by atoms with Crippen LogP contribution in [0.4, 0.5) is 0 Å². The van der Waals surface area contributed by atoms with Gasteiger partial charge in [-0.15, -0.1) is 0 Å². The molecule has 1 N–H and O–H groups in total. The Balaban J connectivity index is 1.99. The molecule has 0 amide bonds. The average Bonchev–Trinajstić information content (AvgIpc) is 2.81. The van der Waals surface area contributed by atoms with Crippen molar-refractivity contribution in [2.75, 3.05) is 26.4 Å². The second-order valence-corrected chi connectivity index (χ2v) is 3.94. The number of aromatic nitrogens is 2. The van der Waals surface area contributed by atoms with Crippen molar-refractivity contribution in [1.29, 1.82) is 0 Å². The van der Waals surface area contributed by atoms with E-state index in [1.54, 1.807) is 13.1 Å². The van der Waals surface area contributed by atoms with Gasteiger partial charge in [-0.3, -0.25) is 4.68 Å². The summed E-state index contributed by atoms with van der Waals surface area (Å²) in [6, 6.07) is 2.20. The minimum absolute atomic E-state index is 0.0169. The van der Waals surface area contributed by atoms with Crippen LogP contribution in [0.1, 0.15) is 13.8 Å². The Morgan fingerprint density at radius 1 is 1.56 bits per heavy atom. The van der Waals surface area contributed by atoms with Gasteiger partial charge >= 0.3 is 5.97 Å². The summed E-state index contributed by atoms with van der Waals surface area (Å²) >= 11 is 0. The molecule has 0 spiro atoms. The van der Waals surface area contributed by atoms with Gasteiger partial charge in [0.25, 0.3) is 0 Å². The number of nitrogens with one attached hydrogen (secondary N) is 1. The fourth-order valence-corrected chi connectivity index (χ4v) is 1.49. The Kier molecular flexibility index (Phi) is 7.05. The molecular formula is C12H21N3O3. The van der Waals surface area contributed by atoms with Crippen LogP contribution in [0.3, 0.4) is 0 Å². The zero-order valence-electron chi connectivity index (χ0n) is 11.0. The van der Waals surface area contributed by atoms with Gasteiger partial charge < -0.3 is 14.8 Å². The van der Waals surface area contributed by atoms with Crippen LogP contribution in [-0.4, -0.2) is 48.2 Å². The Bertz CT molecular complexity index is 327. The second-order valence-electron chi connectivity index (χ2n) is 3.94. The Morgan fingerprint density at radius 2 is 2.39 bits per heavy atom. The summed E-state index contributed by atoms with van der Waals surface area (Å²) in [6.07, 6.45) is 3.69. The van der Waals surface area contributed by atoms with E-state index in [1.807, 2.05) is 16.9 Å². The summed E-state index contributed by atoms with van der Waals surface area (Å²) in [5.74, 6) is -0.318. The summed E-state index contributed by atoms with van der Waals surface area (Å²) in [5, 5.41) is 7.42. The van der Waals surface area contributed by atoms with Crippen molar-refractivity contribution in [2.45, 2.75) is 26.4 Å². The van der Waals surface area contributed by atoms with Gasteiger partial charge in [-0.2, -0.15) is 5.10 Å². The molecule has 0 saturated carbocycles. The molecule has 0 aliphatic rings. The lowest BCUT2D eigenvalue weighted by Crippen LogP contribution is -2.33. The van der Waals surface area contributed by atoms with Crippen LogP contribution in [0, 0.1) is 0 Å². The van der Waals surface area contributed by atoms with E-state index in [-0.39, 0.29) is 12.6 Å². The van der Waals surface area contributed by atoms with Crippen molar-refractivity contribution in [1.82, 2.24) is 15.1 Å². The van der Waals surface area contributed by atoms with E-state index in [1.165, 1.54) is 0 Å². The molecule has 6 heteroatoms. The fourth-order valence-electron chi connectivity index (χ4n) is 1.49. The van der Waals surface area contributed by atoms with Crippen LogP contribution in [-0.2, 0) is 20.8 Å². The maximum atomic E-state index is 11.0. The molecule has 0 radical (unpaired) electrons. The first-order chi connectivity index (χ1) is 8.72. The van der Waals surface area contributed by atoms with Crippen LogP contribution in [0.5, 0.6) is 0 Å². The second kappa shape index (κ2) is 8.66. The van der Waals surface area contributed by atoms with Crippen molar-refractivity contribution in [3.63, 3.8) is 0 Å². The molecule has 0 aromatic carbocycles. The molecule has 0 aliphatic carbocycles. The molecule has 0 aliphatic heterocycles. The van der Waals surface area contributed by atoms with E-state index in [0.29, 0.717) is 25.8 Å². The third kappa shape index (κ3) is 6.36. The van der Waals surface area contributed by atoms with E-state index in [0.717, 1.165) is 6.54 Å². The monoisotopic (exact) mass is 255 g/mol. The van der Waals surface area contributed by atoms with Crippen molar-refractivity contribution in [3.8, 4) is 0 Å². The minimum atomic E-state index is -0.318. The van der Waals surface area contributed by atoms with Gasteiger partial charge in [-0.25, -0.2) is 4.79 Å². The molecule has 1 aromatic heterocycles. The Morgan fingerprint density at radius 3 is 3.06 bits per heavy atom. The SMILES string of the molecule is CCOC(=O)COCCNC(C)Cn1cccn1. The van der Waals surface area contributed by atoms with Crippen LogP contribution in [0.2, 0.25) is 0 Å². The summed E-state index contributed by atoms with van der Waals surface area (Å²) in [5.41, 5.74) is 0. The van der Waals surface area contributed by atoms with E-state index in [2.05, 4.69) is 17.3 Å². The number of rotatable bonds is 9. The van der Waals surface area contributed by atoms with Gasteiger partial charge in [0.15, 0.2) is 0 Å². The molecule has 1 aromatic rings. The summed E-state index contributed by atoms with van der Waals surface area (Å²) in [7, 11) is 0. The molecule has 102 valence electrons. The molecule has 1 atom stereocenters. The van der Waals surface area contributed by atoms with Crippen LogP contribution in [0.15, 0.2) is 18.5 Å². The summed E-state index contributed by atoms with van der Waals surface area (Å²) < 4.78 is 11.8. The predicted octanol–water partition coefficient (Wildman–Crippen LogP) is 0.441. The largest absolute Gasteiger partial charge is 0.464 e. The highest BCUT2D eigenvalue weighted by atomic mass is 16.6. The van der Waals surface area contributed by atoms with Crippen LogP contribution >= 0.6 is 0 Å². The lowest BCUT2D eigenvalue weighted by Gasteiger charge is -2.13. The van der Waals surface area contributed by atoms with E-state index in [9.17, 15) is 4.79 Å². The quantitative estimate of drug-likeness (QED) is 0.512. The van der Waals surface area contributed by atoms with Gasteiger partial charge in [0.2, 0.25) is 0 Å². The molecular weight excluding hydrogens is 234 g/mol. The molecule has 0 bridgehead atoms. The molecule has 1 rings (SSSR count). The van der Waals surface area contributed by atoms with Gasteiger partial charge in [0.1, 0.15) is 6.61 Å². The highest BCUT2D eigenvalue weighted by molar-refractivity contribution is 5.70. The van der Waals surface area contributed by atoms with Crippen LogP contribution in [0.25, 0.3) is 0 Å². The van der Waals surface area contributed by atoms with E-state index >= 15 is 0 Å². The van der Waals surface area contributed by atoms with Crippen molar-refractivity contribution >= 4 is 5.97 Å². The highest BCUT2D eigenvalue weighted by Crippen LogP contribution is 1.90. The molecule has 1 unspecified atom stereocenters. The first-order valence-corrected chi connectivity index (χ1v) is 6.16. The normalized spacial score (nSPS) is 12.3. The lowest BCUT2D eigenvalue weighted by molar-refractivity contribution is -0.148. The number of esters is 1. The standard InChI is InChI=1S/C12H21N3O3/c1-3-18-12(16)10-17-8-6-13-11(2)9-15-7-4-5-14-15/h4-5,7,11,13H,3,6,8-10H2,1-2H3. The smallest absolute Gasteiger partial charge is 0.332 e. The topological polar surface area (TPSA) is 65.4 Å². The lowest BCUT2D eigenvalue weighted by atomic mass is 10.3. The maximum absolute atomic E-state index is 11.0. The fraction of sp³-hybridized carbons (Fsp3) is 0.667. The van der Waals surface area contributed by atoms with E-state index < -0.39 is 0 Å². The summed E-state index contributed by atoms with van der Waals surface area (Å²) in [4.78, 5) is 11.0. The van der Waals surface area contributed by atoms with Gasteiger partial charge in [-0.05, 0) is 19.9 Å². The molecule has 0 fully saturated rings. The minimum Gasteiger partial charge on any atom is -0.464 e. The van der Waals surface area contributed by atoms with E-state index in [4.69, 9.17) is 9.47 Å². The zero-order chi connectivity index (χ0) is 13.2. The molecule has 18 heavy (non-hydrogen) atoms. The average molecular weight is 255 g/mol. The van der Waals surface area contributed by atoms with Gasteiger partial charge in [0.05, 0.1) is 19.8 Å². The molecule has 0 saturated heterocycles. The zero-order valence-corrected chi connectivity index (χ0v) is 11.0. The van der Waals surface area contributed by atoms with Crippen molar-refractivity contribution in [2.24, 2.45) is 0 Å². The number of nitrogens with zero attached hydrogens (tertiary/aromatic N) is 2. The number of hydrogen-bond donors (Lipinski definition) is 1.